The Balaban J connectivity index is 2.95. The molecule has 2 amide bonds. The van der Waals surface area contributed by atoms with Crippen LogP contribution in [-0.2, 0) is 4.79 Å². The normalized spacial score (nSPS) is 13.7. The van der Waals surface area contributed by atoms with Crippen LogP contribution in [0.1, 0.15) is 57.6 Å². The molecule has 0 heterocycles. The van der Waals surface area contributed by atoms with Gasteiger partial charge in [0.2, 0.25) is 0 Å². The van der Waals surface area contributed by atoms with Crippen molar-refractivity contribution in [2.24, 2.45) is 0 Å². The number of benzene rings is 1. The molecular weight excluding hydrogens is 296 g/mol. The third-order valence-electron chi connectivity index (χ3n) is 3.67. The number of aliphatic hydroxyl groups is 1. The van der Waals surface area contributed by atoms with Crippen molar-refractivity contribution in [3.63, 3.8) is 0 Å². The van der Waals surface area contributed by atoms with Crippen molar-refractivity contribution in [1.29, 1.82) is 0 Å². The van der Waals surface area contributed by atoms with E-state index in [9.17, 15) is 14.7 Å². The maximum Gasteiger partial charge on any atom is 0.337 e. The topological polar surface area (TPSA) is 98.7 Å². The second-order valence-electron chi connectivity index (χ2n) is 6.51. The van der Waals surface area contributed by atoms with Gasteiger partial charge in [-0.15, -0.1) is 0 Å². The SMILES string of the molecule is CC(C)c1cccc(C(C)C)c1NC(=O)NCC(C)(O)C(=O)O. The van der Waals surface area contributed by atoms with Crippen molar-refractivity contribution < 1.29 is 19.8 Å². The molecule has 23 heavy (non-hydrogen) atoms. The molecule has 0 saturated carbocycles. The van der Waals surface area contributed by atoms with Gasteiger partial charge in [-0.3, -0.25) is 0 Å². The van der Waals surface area contributed by atoms with Crippen molar-refractivity contribution >= 4 is 17.7 Å². The summed E-state index contributed by atoms with van der Waals surface area (Å²) < 4.78 is 0. The number of carboxylic acid groups (broad SMARTS) is 1. The van der Waals surface area contributed by atoms with Gasteiger partial charge >= 0.3 is 12.0 Å². The molecule has 0 bridgehead atoms. The number of aliphatic carboxylic acids is 1. The fraction of sp³-hybridized carbons (Fsp3) is 0.529. The Hall–Kier alpha value is -2.08. The molecule has 4 N–H and O–H groups in total. The lowest BCUT2D eigenvalue weighted by atomic mass is 9.93. The molecule has 128 valence electrons. The molecule has 0 saturated heterocycles. The zero-order chi connectivity index (χ0) is 17.8. The summed E-state index contributed by atoms with van der Waals surface area (Å²) in [5.41, 5.74) is 0.758. The first-order chi connectivity index (χ1) is 10.6. The van der Waals surface area contributed by atoms with Gasteiger partial charge in [0.25, 0.3) is 0 Å². The van der Waals surface area contributed by atoms with Crippen LogP contribution in [0.3, 0.4) is 0 Å². The van der Waals surface area contributed by atoms with Gasteiger partial charge in [-0.1, -0.05) is 45.9 Å². The van der Waals surface area contributed by atoms with Gasteiger partial charge in [0.1, 0.15) is 0 Å². The van der Waals surface area contributed by atoms with Gasteiger partial charge in [0.05, 0.1) is 6.54 Å². The minimum absolute atomic E-state index is 0.228. The lowest BCUT2D eigenvalue weighted by Gasteiger charge is -2.22. The molecule has 6 nitrogen and oxygen atoms in total. The molecule has 0 spiro atoms. The number of nitrogens with one attached hydrogen (secondary N) is 2. The van der Waals surface area contributed by atoms with Gasteiger partial charge < -0.3 is 20.8 Å². The highest BCUT2D eigenvalue weighted by Crippen LogP contribution is 2.32. The summed E-state index contributed by atoms with van der Waals surface area (Å²) in [4.78, 5) is 23.0. The first kappa shape index (κ1) is 19.0. The lowest BCUT2D eigenvalue weighted by molar-refractivity contribution is -0.155. The monoisotopic (exact) mass is 322 g/mol. The molecule has 0 aromatic heterocycles. The molecule has 1 aromatic rings. The van der Waals surface area contributed by atoms with Crippen LogP contribution in [0.2, 0.25) is 0 Å². The number of hydrogen-bond donors (Lipinski definition) is 4. The van der Waals surface area contributed by atoms with E-state index in [1.165, 1.54) is 0 Å². The molecule has 1 rings (SSSR count). The zero-order valence-corrected chi connectivity index (χ0v) is 14.3. The predicted molar refractivity (Wildman–Crippen MR) is 89.9 cm³/mol. The van der Waals surface area contributed by atoms with Crippen molar-refractivity contribution in [3.8, 4) is 0 Å². The van der Waals surface area contributed by atoms with E-state index in [0.717, 1.165) is 23.7 Å². The maximum atomic E-state index is 12.1. The fourth-order valence-corrected chi connectivity index (χ4v) is 2.18. The lowest BCUT2D eigenvalue weighted by Crippen LogP contribution is -2.47. The van der Waals surface area contributed by atoms with Crippen LogP contribution in [0, 0.1) is 0 Å². The summed E-state index contributed by atoms with van der Waals surface area (Å²) in [6, 6.07) is 5.34. The number of carboxylic acids is 1. The molecule has 1 unspecified atom stereocenters. The van der Waals surface area contributed by atoms with Gasteiger partial charge in [-0.2, -0.15) is 0 Å². The molecule has 0 aliphatic carbocycles. The fourth-order valence-electron chi connectivity index (χ4n) is 2.18. The third kappa shape index (κ3) is 4.96. The summed E-state index contributed by atoms with van der Waals surface area (Å²) in [6.45, 7) is 8.91. The molecule has 0 radical (unpaired) electrons. The van der Waals surface area contributed by atoms with E-state index in [1.54, 1.807) is 0 Å². The first-order valence-electron chi connectivity index (χ1n) is 7.69. The maximum absolute atomic E-state index is 12.1. The quantitative estimate of drug-likeness (QED) is 0.647. The van der Waals surface area contributed by atoms with Crippen molar-refractivity contribution in [2.75, 3.05) is 11.9 Å². The van der Waals surface area contributed by atoms with E-state index in [1.807, 2.05) is 45.9 Å². The molecule has 0 aliphatic rings. The van der Waals surface area contributed by atoms with Crippen molar-refractivity contribution in [2.45, 2.75) is 52.1 Å². The number of carbonyl (C=O) groups is 2. The van der Waals surface area contributed by atoms with Gasteiger partial charge in [0, 0.05) is 5.69 Å². The van der Waals surface area contributed by atoms with E-state index in [4.69, 9.17) is 5.11 Å². The van der Waals surface area contributed by atoms with Gasteiger partial charge in [0.15, 0.2) is 5.60 Å². The summed E-state index contributed by atoms with van der Waals surface area (Å²) >= 11 is 0. The van der Waals surface area contributed by atoms with Crippen LogP contribution in [-0.4, -0.2) is 34.4 Å². The number of rotatable bonds is 6. The van der Waals surface area contributed by atoms with Crippen molar-refractivity contribution in [1.82, 2.24) is 5.32 Å². The second kappa shape index (κ2) is 7.46. The Labute approximate surface area is 136 Å². The number of amides is 2. The average molecular weight is 322 g/mol. The minimum atomic E-state index is -2.00. The Morgan fingerprint density at radius 3 is 2.00 bits per heavy atom. The number of anilines is 1. The van der Waals surface area contributed by atoms with E-state index < -0.39 is 17.6 Å². The largest absolute Gasteiger partial charge is 0.479 e. The Bertz CT molecular complexity index is 554. The minimum Gasteiger partial charge on any atom is -0.479 e. The Kier molecular flexibility index (Phi) is 6.15. The number of carbonyl (C=O) groups excluding carboxylic acids is 1. The predicted octanol–water partition coefficient (Wildman–Crippen LogP) is 2.89. The van der Waals surface area contributed by atoms with Crippen molar-refractivity contribution in [3.05, 3.63) is 29.3 Å². The molecule has 1 aromatic carbocycles. The van der Waals surface area contributed by atoms with Crippen LogP contribution in [0.5, 0.6) is 0 Å². The molecule has 1 atom stereocenters. The third-order valence-corrected chi connectivity index (χ3v) is 3.67. The van der Waals surface area contributed by atoms with Crippen LogP contribution >= 0.6 is 0 Å². The smallest absolute Gasteiger partial charge is 0.337 e. The average Bonchev–Trinajstić information content (AvgIpc) is 2.44. The summed E-state index contributed by atoms with van der Waals surface area (Å²) in [5.74, 6) is -0.930. The summed E-state index contributed by atoms with van der Waals surface area (Å²) in [5, 5.41) is 23.7. The van der Waals surface area contributed by atoms with Crippen LogP contribution in [0.25, 0.3) is 0 Å². The van der Waals surface area contributed by atoms with Crippen LogP contribution in [0.15, 0.2) is 18.2 Å². The second-order valence-corrected chi connectivity index (χ2v) is 6.51. The Morgan fingerprint density at radius 1 is 1.13 bits per heavy atom. The highest BCUT2D eigenvalue weighted by atomic mass is 16.4. The standard InChI is InChI=1S/C17H26N2O4/c1-10(2)12-7-6-8-13(11(3)4)14(12)19-16(22)18-9-17(5,23)15(20)21/h6-8,10-11,23H,9H2,1-5H3,(H,20,21)(H2,18,19,22). The number of para-hydroxylation sites is 1. The molecule has 0 aliphatic heterocycles. The van der Waals surface area contributed by atoms with Crippen LogP contribution in [0.4, 0.5) is 10.5 Å². The van der Waals surface area contributed by atoms with E-state index in [0.29, 0.717) is 0 Å². The summed E-state index contributed by atoms with van der Waals surface area (Å²) in [7, 11) is 0. The highest BCUT2D eigenvalue weighted by molar-refractivity contribution is 5.92. The molecule has 6 heteroatoms. The van der Waals surface area contributed by atoms with E-state index in [2.05, 4.69) is 10.6 Å². The highest BCUT2D eigenvalue weighted by Gasteiger charge is 2.30. The number of hydrogen-bond acceptors (Lipinski definition) is 3. The molecule has 0 fully saturated rings. The molecular formula is C17H26N2O4. The number of urea groups is 1. The summed E-state index contributed by atoms with van der Waals surface area (Å²) in [6.07, 6.45) is 0. The van der Waals surface area contributed by atoms with Gasteiger partial charge in [-0.05, 0) is 29.9 Å². The van der Waals surface area contributed by atoms with E-state index >= 15 is 0 Å². The van der Waals surface area contributed by atoms with Gasteiger partial charge in [-0.25, -0.2) is 9.59 Å². The zero-order valence-electron chi connectivity index (χ0n) is 14.3. The Morgan fingerprint density at radius 2 is 1.61 bits per heavy atom. The van der Waals surface area contributed by atoms with E-state index in [-0.39, 0.29) is 18.4 Å². The van der Waals surface area contributed by atoms with Crippen LogP contribution < -0.4 is 10.6 Å². The first-order valence-corrected chi connectivity index (χ1v) is 7.69.